The maximum atomic E-state index is 12.6. The summed E-state index contributed by atoms with van der Waals surface area (Å²) in [6.07, 6.45) is 5.88. The molecule has 11 heteroatoms. The molecule has 1 aromatic heterocycles. The molecule has 2 amide bonds. The highest BCUT2D eigenvalue weighted by molar-refractivity contribution is 7.15. The average Bonchev–Trinajstić information content (AvgIpc) is 3.21. The Hall–Kier alpha value is -2.15. The number of aryl methyl sites for hydroxylation is 1. The Kier molecular flexibility index (Phi) is 12.4. The highest BCUT2D eigenvalue weighted by atomic mass is 32.1. The molecule has 5 N–H and O–H groups in total. The first kappa shape index (κ1) is 28.1. The van der Waals surface area contributed by atoms with Crippen molar-refractivity contribution in [1.82, 2.24) is 4.98 Å². The third kappa shape index (κ3) is 9.24. The molecule has 0 bridgehead atoms. The number of carbonyl (C=O) groups excluding carboxylic acids is 2. The van der Waals surface area contributed by atoms with Gasteiger partial charge in [-0.2, -0.15) is 0 Å². The first-order valence-corrected chi connectivity index (χ1v) is 12.1. The predicted molar refractivity (Wildman–Crippen MR) is 131 cm³/mol. The van der Waals surface area contributed by atoms with E-state index in [-0.39, 0.29) is 5.91 Å². The third-order valence-corrected chi connectivity index (χ3v) is 6.09. The quantitative estimate of drug-likeness (QED) is 0.275. The van der Waals surface area contributed by atoms with E-state index in [4.69, 9.17) is 30.4 Å². The van der Waals surface area contributed by atoms with Crippen LogP contribution in [0.15, 0.2) is 29.5 Å². The number of nitrogens with two attached hydrogens (primary N) is 2. The maximum Gasteiger partial charge on any atom is 0.257 e. The molecule has 0 saturated carbocycles. The lowest BCUT2D eigenvalue weighted by atomic mass is 9.73. The van der Waals surface area contributed by atoms with Gasteiger partial charge in [0.15, 0.2) is 5.13 Å². The van der Waals surface area contributed by atoms with Crippen molar-refractivity contribution >= 4 is 28.3 Å². The Morgan fingerprint density at radius 3 is 2.12 bits per heavy atom. The number of carbonyl (C=O) groups is 2. The highest BCUT2D eigenvalue weighted by Gasteiger charge is 2.37. The van der Waals surface area contributed by atoms with Crippen molar-refractivity contribution in [2.75, 3.05) is 64.7 Å². The van der Waals surface area contributed by atoms with E-state index in [0.717, 1.165) is 10.5 Å². The molecule has 0 radical (unpaired) electrons. The van der Waals surface area contributed by atoms with Crippen LogP contribution in [0.25, 0.3) is 0 Å². The first-order chi connectivity index (χ1) is 16.4. The van der Waals surface area contributed by atoms with Crippen molar-refractivity contribution in [1.29, 1.82) is 0 Å². The Morgan fingerprint density at radius 2 is 1.62 bits per heavy atom. The number of anilines is 1. The minimum Gasteiger partial charge on any atom is -0.379 e. The lowest BCUT2D eigenvalue weighted by Gasteiger charge is -2.31. The van der Waals surface area contributed by atoms with Gasteiger partial charge in [-0.25, -0.2) is 4.98 Å². The number of rotatable bonds is 17. The van der Waals surface area contributed by atoms with Gasteiger partial charge in [-0.05, 0) is 26.7 Å². The number of primary amides is 1. The number of allylic oxidation sites excluding steroid dienone is 1. The van der Waals surface area contributed by atoms with Gasteiger partial charge in [-0.1, -0.05) is 17.7 Å². The fraction of sp³-hybridized carbons (Fsp3) is 0.609. The monoisotopic (exact) mass is 496 g/mol. The van der Waals surface area contributed by atoms with Crippen molar-refractivity contribution in [3.05, 3.63) is 34.4 Å². The fourth-order valence-electron chi connectivity index (χ4n) is 3.42. The number of amides is 2. The molecule has 0 aliphatic heterocycles. The summed E-state index contributed by atoms with van der Waals surface area (Å²) in [6.45, 7) is 7.92. The van der Waals surface area contributed by atoms with Crippen molar-refractivity contribution in [3.8, 4) is 0 Å². The normalized spacial score (nSPS) is 17.9. The molecule has 2 rings (SSSR count). The molecule has 1 aliphatic rings. The summed E-state index contributed by atoms with van der Waals surface area (Å²) < 4.78 is 21.7. The van der Waals surface area contributed by atoms with Crippen LogP contribution in [0.4, 0.5) is 5.13 Å². The molecule has 0 saturated heterocycles. The van der Waals surface area contributed by atoms with Gasteiger partial charge < -0.3 is 30.4 Å². The van der Waals surface area contributed by atoms with Gasteiger partial charge >= 0.3 is 0 Å². The molecule has 34 heavy (non-hydrogen) atoms. The molecule has 0 aromatic carbocycles. The Morgan fingerprint density at radius 1 is 1.03 bits per heavy atom. The number of nitrogens with zero attached hydrogens (tertiary/aromatic N) is 1. The molecule has 1 aliphatic carbocycles. The van der Waals surface area contributed by atoms with E-state index in [2.05, 4.69) is 10.3 Å². The summed E-state index contributed by atoms with van der Waals surface area (Å²) in [5.41, 5.74) is 11.5. The molecule has 1 aromatic rings. The van der Waals surface area contributed by atoms with Gasteiger partial charge in [0.1, 0.15) is 0 Å². The standard InChI is InChI=1S/C23H36N4O6S/c1-17-15-23(21(25)29,4-3-19(17)20(28)27-22-26-16-18(2)34-22)5-7-30-9-11-32-13-14-33-12-10-31-8-6-24/h3-4,16H,5-15,24H2,1-2H3,(H2,25,29)(H,26,27,28). The molecular weight excluding hydrogens is 460 g/mol. The van der Waals surface area contributed by atoms with Crippen LogP contribution in [0.1, 0.15) is 24.6 Å². The lowest BCUT2D eigenvalue weighted by Crippen LogP contribution is -2.38. The minimum atomic E-state index is -0.883. The van der Waals surface area contributed by atoms with Crippen molar-refractivity contribution in [2.24, 2.45) is 16.9 Å². The van der Waals surface area contributed by atoms with Crippen LogP contribution >= 0.6 is 11.3 Å². The topological polar surface area (TPSA) is 148 Å². The molecular formula is C23H36N4O6S. The van der Waals surface area contributed by atoms with Crippen LogP contribution in [0.5, 0.6) is 0 Å². The zero-order valence-corrected chi connectivity index (χ0v) is 20.8. The zero-order valence-electron chi connectivity index (χ0n) is 20.0. The number of nitrogens with one attached hydrogen (secondary N) is 1. The van der Waals surface area contributed by atoms with Crippen LogP contribution < -0.4 is 16.8 Å². The lowest BCUT2D eigenvalue weighted by molar-refractivity contribution is -0.126. The zero-order chi connectivity index (χ0) is 24.8. The molecule has 1 atom stereocenters. The maximum absolute atomic E-state index is 12.6. The summed E-state index contributed by atoms with van der Waals surface area (Å²) in [4.78, 5) is 30.1. The molecule has 0 fully saturated rings. The van der Waals surface area contributed by atoms with Crippen LogP contribution in [-0.4, -0.2) is 76.2 Å². The van der Waals surface area contributed by atoms with Gasteiger partial charge in [-0.15, -0.1) is 11.3 Å². The second kappa shape index (κ2) is 15.0. The molecule has 1 heterocycles. The Bertz CT molecular complexity index is 856. The average molecular weight is 497 g/mol. The van der Waals surface area contributed by atoms with Gasteiger partial charge in [0.2, 0.25) is 5.91 Å². The molecule has 190 valence electrons. The van der Waals surface area contributed by atoms with E-state index in [0.29, 0.717) is 82.9 Å². The highest BCUT2D eigenvalue weighted by Crippen LogP contribution is 2.37. The number of aromatic nitrogens is 1. The Labute approximate surface area is 204 Å². The molecule has 10 nitrogen and oxygen atoms in total. The number of ether oxygens (including phenoxy) is 4. The largest absolute Gasteiger partial charge is 0.379 e. The Balaban J connectivity index is 1.67. The van der Waals surface area contributed by atoms with E-state index in [1.54, 1.807) is 18.3 Å². The minimum absolute atomic E-state index is 0.248. The van der Waals surface area contributed by atoms with Gasteiger partial charge in [0, 0.05) is 29.8 Å². The van der Waals surface area contributed by atoms with Crippen molar-refractivity contribution < 1.29 is 28.5 Å². The van der Waals surface area contributed by atoms with Crippen LogP contribution in [0.3, 0.4) is 0 Å². The predicted octanol–water partition coefficient (Wildman–Crippen LogP) is 1.55. The second-order valence-electron chi connectivity index (χ2n) is 7.94. The van der Waals surface area contributed by atoms with Crippen LogP contribution in [0, 0.1) is 12.3 Å². The van der Waals surface area contributed by atoms with Crippen LogP contribution in [-0.2, 0) is 28.5 Å². The summed E-state index contributed by atoms with van der Waals surface area (Å²) in [5.74, 6) is -0.688. The number of hydrogen-bond donors (Lipinski definition) is 3. The first-order valence-electron chi connectivity index (χ1n) is 11.3. The van der Waals surface area contributed by atoms with E-state index >= 15 is 0 Å². The fourth-order valence-corrected chi connectivity index (χ4v) is 4.08. The molecule has 1 unspecified atom stereocenters. The summed E-state index contributed by atoms with van der Waals surface area (Å²) in [7, 11) is 0. The van der Waals surface area contributed by atoms with Gasteiger partial charge in [-0.3, -0.25) is 14.9 Å². The van der Waals surface area contributed by atoms with Gasteiger partial charge in [0.05, 0.1) is 51.7 Å². The van der Waals surface area contributed by atoms with E-state index in [9.17, 15) is 9.59 Å². The smallest absolute Gasteiger partial charge is 0.257 e. The number of thiazole rings is 1. The second-order valence-corrected chi connectivity index (χ2v) is 9.18. The van der Waals surface area contributed by atoms with Crippen molar-refractivity contribution in [2.45, 2.75) is 26.7 Å². The van der Waals surface area contributed by atoms with E-state index in [1.165, 1.54) is 11.3 Å². The van der Waals surface area contributed by atoms with E-state index < -0.39 is 11.3 Å². The SMILES string of the molecule is CC1=C(C(=O)Nc2ncc(C)s2)C=CC(CCOCCOCCOCCOCCN)(C(N)=O)C1. The third-order valence-electron chi connectivity index (χ3n) is 5.26. The summed E-state index contributed by atoms with van der Waals surface area (Å²) >= 11 is 1.41. The summed E-state index contributed by atoms with van der Waals surface area (Å²) in [5, 5.41) is 3.34. The molecule has 0 spiro atoms. The number of hydrogen-bond acceptors (Lipinski definition) is 9. The summed E-state index contributed by atoms with van der Waals surface area (Å²) in [6, 6.07) is 0. The van der Waals surface area contributed by atoms with Crippen LogP contribution in [0.2, 0.25) is 0 Å². The van der Waals surface area contributed by atoms with E-state index in [1.807, 2.05) is 13.8 Å². The van der Waals surface area contributed by atoms with Gasteiger partial charge in [0.25, 0.3) is 5.91 Å². The van der Waals surface area contributed by atoms with Crippen molar-refractivity contribution in [3.63, 3.8) is 0 Å².